The molecule has 0 spiro atoms. The lowest BCUT2D eigenvalue weighted by Gasteiger charge is -2.27. The normalized spacial score (nSPS) is 14.5. The predicted molar refractivity (Wildman–Crippen MR) is 85.7 cm³/mol. The zero-order valence-electron chi connectivity index (χ0n) is 13.1. The highest BCUT2D eigenvalue weighted by molar-refractivity contribution is 7.88. The fourth-order valence-corrected chi connectivity index (χ4v) is 13.4. The molecule has 0 amide bonds. The highest BCUT2D eigenvalue weighted by Crippen LogP contribution is 2.24. The van der Waals surface area contributed by atoms with Gasteiger partial charge in [0.2, 0.25) is 16.6 Å². The maximum atomic E-state index is 11.5. The number of hydrogen-bond donors (Lipinski definition) is 0. The molecule has 0 aromatic heterocycles. The van der Waals surface area contributed by atoms with Crippen molar-refractivity contribution >= 4 is 36.9 Å². The summed E-state index contributed by atoms with van der Waals surface area (Å²) in [6.07, 6.45) is 0. The summed E-state index contributed by atoms with van der Waals surface area (Å²) in [6, 6.07) is 1.12. The molecule has 0 unspecified atom stereocenters. The average molecular weight is 363 g/mol. The first-order chi connectivity index (χ1) is 8.74. The van der Waals surface area contributed by atoms with E-state index in [-0.39, 0.29) is 11.5 Å². The zero-order valence-corrected chi connectivity index (χ0v) is 16.7. The summed E-state index contributed by atoms with van der Waals surface area (Å²) >= 11 is 0. The second kappa shape index (κ2) is 7.01. The third-order valence-corrected chi connectivity index (χ3v) is 13.2. The van der Waals surface area contributed by atoms with E-state index in [4.69, 9.17) is 7.74 Å². The van der Waals surface area contributed by atoms with E-state index in [9.17, 15) is 16.8 Å². The molecule has 122 valence electrons. The molecule has 0 bridgehead atoms. The molecule has 0 radical (unpaired) electrons. The maximum Gasteiger partial charge on any atom is 0.257 e. The van der Waals surface area contributed by atoms with Gasteiger partial charge in [0, 0.05) is 0 Å². The zero-order chi connectivity index (χ0) is 16.2. The van der Waals surface area contributed by atoms with Gasteiger partial charge in [0.25, 0.3) is 20.2 Å². The SMILES string of the molecule is CCS(=O)(=O)O[Si](C)(C)CC[Si](C)(C)OS(=O)(=O)CC. The van der Waals surface area contributed by atoms with Crippen LogP contribution in [0.4, 0.5) is 0 Å². The van der Waals surface area contributed by atoms with Crippen LogP contribution in [0, 0.1) is 0 Å². The van der Waals surface area contributed by atoms with Gasteiger partial charge in [-0.05, 0) is 52.1 Å². The van der Waals surface area contributed by atoms with Crippen LogP contribution in [-0.4, -0.2) is 45.0 Å². The first kappa shape index (κ1) is 20.3. The highest BCUT2D eigenvalue weighted by Gasteiger charge is 2.35. The average Bonchev–Trinajstić information content (AvgIpc) is 2.24. The molecule has 10 heteroatoms. The van der Waals surface area contributed by atoms with Crippen LogP contribution in [0.5, 0.6) is 0 Å². The molecular formula is C10H26O6S2Si2. The summed E-state index contributed by atoms with van der Waals surface area (Å²) in [5.74, 6) is -0.101. The largest absolute Gasteiger partial charge is 0.315 e. The Kier molecular flexibility index (Phi) is 7.10. The highest BCUT2D eigenvalue weighted by atomic mass is 32.2. The Labute approximate surface area is 125 Å². The van der Waals surface area contributed by atoms with Crippen molar-refractivity contribution in [2.24, 2.45) is 0 Å². The minimum atomic E-state index is -3.47. The van der Waals surface area contributed by atoms with Crippen molar-refractivity contribution in [3.8, 4) is 0 Å². The smallest absolute Gasteiger partial charge is 0.257 e. The van der Waals surface area contributed by atoms with Crippen LogP contribution in [0.1, 0.15) is 13.8 Å². The maximum absolute atomic E-state index is 11.5. The van der Waals surface area contributed by atoms with Crippen LogP contribution >= 0.6 is 0 Å². The summed E-state index contributed by atoms with van der Waals surface area (Å²) < 4.78 is 56.6. The van der Waals surface area contributed by atoms with Gasteiger partial charge in [0.15, 0.2) is 0 Å². The molecular weight excluding hydrogens is 336 g/mol. The molecule has 0 aliphatic heterocycles. The van der Waals surface area contributed by atoms with Crippen LogP contribution in [-0.2, 0) is 28.0 Å². The van der Waals surface area contributed by atoms with Crippen molar-refractivity contribution in [3.63, 3.8) is 0 Å². The quantitative estimate of drug-likeness (QED) is 0.584. The van der Waals surface area contributed by atoms with E-state index in [2.05, 4.69) is 0 Å². The first-order valence-electron chi connectivity index (χ1n) is 6.61. The molecule has 0 aliphatic carbocycles. The Balaban J connectivity index is 4.67. The lowest BCUT2D eigenvalue weighted by Crippen LogP contribution is -2.40. The first-order valence-corrected chi connectivity index (χ1v) is 16.0. The second-order valence-electron chi connectivity index (χ2n) is 5.88. The van der Waals surface area contributed by atoms with Crippen LogP contribution in [0.25, 0.3) is 0 Å². The Bertz CT molecular complexity index is 462. The predicted octanol–water partition coefficient (Wildman–Crippen LogP) is 2.13. The molecule has 0 aliphatic rings. The molecule has 0 aromatic rings. The molecule has 0 heterocycles. The number of hydrogen-bond acceptors (Lipinski definition) is 6. The molecule has 0 N–H and O–H groups in total. The molecule has 0 atom stereocenters. The Morgan fingerprint density at radius 2 is 0.950 bits per heavy atom. The van der Waals surface area contributed by atoms with Crippen molar-refractivity contribution in [2.45, 2.75) is 52.1 Å². The van der Waals surface area contributed by atoms with Crippen LogP contribution < -0.4 is 0 Å². The monoisotopic (exact) mass is 362 g/mol. The van der Waals surface area contributed by atoms with Gasteiger partial charge in [0.05, 0.1) is 11.5 Å². The van der Waals surface area contributed by atoms with E-state index in [1.54, 1.807) is 0 Å². The van der Waals surface area contributed by atoms with Crippen LogP contribution in [0.3, 0.4) is 0 Å². The third kappa shape index (κ3) is 8.52. The fourth-order valence-electron chi connectivity index (χ4n) is 1.49. The molecule has 0 rings (SSSR count). The molecule has 0 fully saturated rings. The summed E-state index contributed by atoms with van der Waals surface area (Å²) in [5, 5.41) is 0. The van der Waals surface area contributed by atoms with Crippen molar-refractivity contribution in [1.29, 1.82) is 0 Å². The Morgan fingerprint density at radius 1 is 0.700 bits per heavy atom. The van der Waals surface area contributed by atoms with Crippen molar-refractivity contribution in [3.05, 3.63) is 0 Å². The molecule has 6 nitrogen and oxygen atoms in total. The van der Waals surface area contributed by atoms with E-state index < -0.39 is 36.9 Å². The molecule has 0 saturated carbocycles. The van der Waals surface area contributed by atoms with E-state index in [1.165, 1.54) is 13.8 Å². The summed E-state index contributed by atoms with van der Waals surface area (Å²) in [7, 11) is -11.7. The minimum Gasteiger partial charge on any atom is -0.315 e. The lowest BCUT2D eigenvalue weighted by molar-refractivity contribution is 0.474. The topological polar surface area (TPSA) is 86.7 Å². The van der Waals surface area contributed by atoms with Gasteiger partial charge in [-0.15, -0.1) is 0 Å². The van der Waals surface area contributed by atoms with Gasteiger partial charge in [0.1, 0.15) is 0 Å². The van der Waals surface area contributed by atoms with Gasteiger partial charge in [-0.2, -0.15) is 0 Å². The Morgan fingerprint density at radius 3 is 1.15 bits per heavy atom. The van der Waals surface area contributed by atoms with Crippen molar-refractivity contribution in [2.75, 3.05) is 11.5 Å². The molecule has 0 saturated heterocycles. The Hall–Kier alpha value is 0.254. The second-order valence-corrected chi connectivity index (χ2v) is 18.6. The summed E-state index contributed by atoms with van der Waals surface area (Å²) in [6.45, 7) is 10.3. The van der Waals surface area contributed by atoms with E-state index in [1.807, 2.05) is 26.2 Å². The van der Waals surface area contributed by atoms with Crippen LogP contribution in [0.2, 0.25) is 38.3 Å². The summed E-state index contributed by atoms with van der Waals surface area (Å²) in [4.78, 5) is 0. The molecule has 20 heavy (non-hydrogen) atoms. The fraction of sp³-hybridized carbons (Fsp3) is 1.00. The molecule has 0 aromatic carbocycles. The van der Waals surface area contributed by atoms with E-state index in [0.717, 1.165) is 0 Å². The van der Waals surface area contributed by atoms with Gasteiger partial charge in [-0.25, -0.2) is 16.8 Å². The van der Waals surface area contributed by atoms with E-state index in [0.29, 0.717) is 12.1 Å². The lowest BCUT2D eigenvalue weighted by atomic mass is 10.9. The van der Waals surface area contributed by atoms with Gasteiger partial charge in [-0.1, -0.05) is 0 Å². The van der Waals surface area contributed by atoms with Crippen LogP contribution in [0.15, 0.2) is 0 Å². The van der Waals surface area contributed by atoms with E-state index >= 15 is 0 Å². The minimum absolute atomic E-state index is 0.0506. The number of rotatable bonds is 9. The van der Waals surface area contributed by atoms with Crippen molar-refractivity contribution < 1.29 is 24.6 Å². The van der Waals surface area contributed by atoms with Gasteiger partial charge < -0.3 is 7.74 Å². The van der Waals surface area contributed by atoms with Gasteiger partial charge in [-0.3, -0.25) is 0 Å². The standard InChI is InChI=1S/C10H26O6S2Si2/c1-7-17(11,12)15-19(3,4)9-10-20(5,6)16-18(13,14)8-2/h7-10H2,1-6H3. The summed E-state index contributed by atoms with van der Waals surface area (Å²) in [5.41, 5.74) is 0. The van der Waals surface area contributed by atoms with Gasteiger partial charge >= 0.3 is 0 Å². The van der Waals surface area contributed by atoms with Crippen molar-refractivity contribution in [1.82, 2.24) is 0 Å². The third-order valence-electron chi connectivity index (χ3n) is 2.74.